The molecule has 1 aliphatic rings. The van der Waals surface area contributed by atoms with Crippen LogP contribution in [0.25, 0.3) is 22.9 Å². The van der Waals surface area contributed by atoms with Crippen molar-refractivity contribution < 1.29 is 24.1 Å². The normalized spacial score (nSPS) is 11.9. The van der Waals surface area contributed by atoms with Crippen molar-refractivity contribution in [2.45, 2.75) is 6.67 Å². The van der Waals surface area contributed by atoms with Gasteiger partial charge >= 0.3 is 13.1 Å². The predicted octanol–water partition coefficient (Wildman–Crippen LogP) is -0.991. The maximum Gasteiger partial charge on any atom is 0.772 e. The lowest BCUT2D eigenvalue weighted by Crippen LogP contribution is -2.57. The number of rotatable bonds is 3. The Bertz CT molecular complexity index is 835. The lowest BCUT2D eigenvalue weighted by Gasteiger charge is -2.00. The summed E-state index contributed by atoms with van der Waals surface area (Å²) in [5.41, 5.74) is 2.07. The Labute approximate surface area is 126 Å². The molecule has 0 aliphatic carbocycles. The molecule has 0 saturated carbocycles. The zero-order valence-electron chi connectivity index (χ0n) is 11.6. The van der Waals surface area contributed by atoms with Gasteiger partial charge in [-0.05, 0) is 5.56 Å². The summed E-state index contributed by atoms with van der Waals surface area (Å²) in [6.45, 7) is 0.584. The summed E-state index contributed by atoms with van der Waals surface area (Å²) >= 11 is 0. The Balaban J connectivity index is 1.84. The van der Waals surface area contributed by atoms with Gasteiger partial charge in [-0.15, -0.1) is 4.57 Å². The first kappa shape index (κ1) is 13.0. The Kier molecular flexibility index (Phi) is 2.92. The van der Waals surface area contributed by atoms with Gasteiger partial charge in [0.2, 0.25) is 12.9 Å². The lowest BCUT2D eigenvalue weighted by atomic mass is 10.2. The molecule has 8 heteroatoms. The quantitative estimate of drug-likeness (QED) is 0.376. The van der Waals surface area contributed by atoms with Crippen molar-refractivity contribution >= 4 is 7.32 Å². The van der Waals surface area contributed by atoms with Crippen LogP contribution in [0, 0.1) is 0 Å². The average Bonchev–Trinajstić information content (AvgIpc) is 3.06. The first-order valence-corrected chi connectivity index (χ1v) is 6.83. The zero-order chi connectivity index (χ0) is 15.1. The number of aromatic nitrogens is 4. The van der Waals surface area contributed by atoms with E-state index >= 15 is 0 Å². The van der Waals surface area contributed by atoms with E-state index in [2.05, 4.69) is 4.98 Å². The molecule has 1 aliphatic heterocycles. The van der Waals surface area contributed by atoms with Crippen molar-refractivity contribution in [3.8, 4) is 22.9 Å². The molecule has 22 heavy (non-hydrogen) atoms. The lowest BCUT2D eigenvalue weighted by molar-refractivity contribution is -0.909. The fourth-order valence-corrected chi connectivity index (χ4v) is 2.71. The minimum atomic E-state index is -1.89. The molecule has 0 fully saturated rings. The van der Waals surface area contributed by atoms with E-state index in [4.69, 9.17) is 14.8 Å². The highest BCUT2D eigenvalue weighted by atomic mass is 16.7. The fourth-order valence-electron chi connectivity index (χ4n) is 2.71. The molecule has 3 aromatic rings. The van der Waals surface area contributed by atoms with Crippen molar-refractivity contribution in [3.05, 3.63) is 55.0 Å². The number of hydrogen-bond donors (Lipinski definition) is 2. The highest BCUT2D eigenvalue weighted by Crippen LogP contribution is 2.25. The summed E-state index contributed by atoms with van der Waals surface area (Å²) in [4.78, 5) is 4.46. The van der Waals surface area contributed by atoms with Crippen LogP contribution in [0.15, 0.2) is 55.0 Å². The number of nitrogens with zero attached hydrogens (tertiary/aromatic N) is 4. The summed E-state index contributed by atoms with van der Waals surface area (Å²) in [6, 6.07) is 11.8. The third-order valence-corrected chi connectivity index (χ3v) is 3.60. The number of hydrogen-bond acceptors (Lipinski definition) is 4. The van der Waals surface area contributed by atoms with Crippen LogP contribution in [0.1, 0.15) is 0 Å². The van der Waals surface area contributed by atoms with Crippen LogP contribution in [-0.2, 0) is 6.67 Å². The third-order valence-electron chi connectivity index (χ3n) is 3.60. The molecule has 3 heterocycles. The van der Waals surface area contributed by atoms with Crippen LogP contribution >= 0.6 is 0 Å². The molecular weight excluding hydrogens is 283 g/mol. The van der Waals surface area contributed by atoms with Gasteiger partial charge in [0.25, 0.3) is 5.82 Å². The van der Waals surface area contributed by atoms with Crippen LogP contribution in [0.3, 0.4) is 0 Å². The number of benzene rings is 1. The molecule has 0 spiro atoms. The first-order valence-electron chi connectivity index (χ1n) is 6.83. The minimum absolute atomic E-state index is 0.584. The van der Waals surface area contributed by atoms with Gasteiger partial charge in [-0.2, -0.15) is 0 Å². The van der Waals surface area contributed by atoms with Crippen LogP contribution in [0.4, 0.5) is 0 Å². The largest absolute Gasteiger partial charge is 0.772 e. The summed E-state index contributed by atoms with van der Waals surface area (Å²) in [6.07, 6.45) is 5.31. The van der Waals surface area contributed by atoms with Crippen molar-refractivity contribution in [1.82, 2.24) is 9.55 Å². The van der Waals surface area contributed by atoms with Gasteiger partial charge in [0, 0.05) is 0 Å². The van der Waals surface area contributed by atoms with Gasteiger partial charge in [-0.3, -0.25) is 9.32 Å². The van der Waals surface area contributed by atoms with Gasteiger partial charge < -0.3 is 10.0 Å². The van der Waals surface area contributed by atoms with Gasteiger partial charge in [0.05, 0.1) is 22.7 Å². The summed E-state index contributed by atoms with van der Waals surface area (Å²) in [7, 11) is -1.89. The van der Waals surface area contributed by atoms with Gasteiger partial charge in [0.15, 0.2) is 6.20 Å². The van der Waals surface area contributed by atoms with E-state index < -0.39 is 7.32 Å². The van der Waals surface area contributed by atoms with Crippen LogP contribution in [0.5, 0.6) is 0 Å². The van der Waals surface area contributed by atoms with E-state index in [1.807, 2.05) is 45.7 Å². The summed E-state index contributed by atoms with van der Waals surface area (Å²) in [5.74, 6) is 1.36. The van der Waals surface area contributed by atoms with Gasteiger partial charge in [0.1, 0.15) is 0 Å². The molecule has 0 radical (unpaired) electrons. The molecule has 0 amide bonds. The molecule has 2 N–H and O–H groups in total. The second-order valence-electron chi connectivity index (χ2n) is 4.94. The number of fused-ring (bicyclic) bond motifs is 3. The maximum atomic E-state index is 9.04. The van der Waals surface area contributed by atoms with Crippen molar-refractivity contribution in [3.63, 3.8) is 0 Å². The van der Waals surface area contributed by atoms with E-state index in [1.165, 1.54) is 4.73 Å². The molecule has 1 aromatic carbocycles. The summed E-state index contributed by atoms with van der Waals surface area (Å²) in [5, 5.41) is 18.1. The SMILES string of the molecule is OB(O)O[n+]1ccc[n+]2c1-c1ncc(-c3ccccc3)n1C2. The smallest absolute Gasteiger partial charge is 0.387 e. The molecule has 4 rings (SSSR count). The highest BCUT2D eigenvalue weighted by molar-refractivity contribution is 6.32. The summed E-state index contributed by atoms with van der Waals surface area (Å²) < 4.78 is 10.3. The maximum absolute atomic E-state index is 9.04. The Morgan fingerprint density at radius 3 is 2.73 bits per heavy atom. The van der Waals surface area contributed by atoms with Crippen LogP contribution in [-0.4, -0.2) is 26.9 Å². The second kappa shape index (κ2) is 4.94. The molecule has 0 atom stereocenters. The fraction of sp³-hybridized carbons (Fsp3) is 0.0714. The van der Waals surface area contributed by atoms with Crippen molar-refractivity contribution in [2.75, 3.05) is 0 Å². The predicted molar refractivity (Wildman–Crippen MR) is 75.7 cm³/mol. The van der Waals surface area contributed by atoms with E-state index in [0.717, 1.165) is 11.3 Å². The van der Waals surface area contributed by atoms with Crippen LogP contribution < -0.4 is 14.1 Å². The molecule has 0 unspecified atom stereocenters. The highest BCUT2D eigenvalue weighted by Gasteiger charge is 2.42. The molecule has 2 aromatic heterocycles. The molecule has 7 nitrogen and oxygen atoms in total. The minimum Gasteiger partial charge on any atom is -0.387 e. The van der Waals surface area contributed by atoms with Crippen molar-refractivity contribution in [1.29, 1.82) is 0 Å². The topological polar surface area (TPSA) is 75.3 Å². The van der Waals surface area contributed by atoms with Gasteiger partial charge in [-0.25, -0.2) is 4.98 Å². The van der Waals surface area contributed by atoms with Crippen LogP contribution in [0.2, 0.25) is 0 Å². The number of imidazole rings is 1. The third kappa shape index (κ3) is 1.97. The molecule has 108 valence electrons. The monoisotopic (exact) mass is 296 g/mol. The van der Waals surface area contributed by atoms with E-state index in [-0.39, 0.29) is 0 Å². The molecule has 0 bridgehead atoms. The van der Waals surface area contributed by atoms with E-state index in [9.17, 15) is 0 Å². The molecule has 0 saturated heterocycles. The second-order valence-corrected chi connectivity index (χ2v) is 4.94. The van der Waals surface area contributed by atoms with E-state index in [0.29, 0.717) is 18.3 Å². The molecular formula is C14H13BN4O3+2. The zero-order valence-corrected chi connectivity index (χ0v) is 11.6. The first-order chi connectivity index (χ1) is 10.7. The van der Waals surface area contributed by atoms with Crippen molar-refractivity contribution in [2.24, 2.45) is 0 Å². The van der Waals surface area contributed by atoms with Gasteiger partial charge in [-0.1, -0.05) is 30.3 Å². The van der Waals surface area contributed by atoms with E-state index in [1.54, 1.807) is 18.5 Å². The Morgan fingerprint density at radius 1 is 1.14 bits per heavy atom. The average molecular weight is 296 g/mol. The standard InChI is InChI=1S/C14H13BN4O3/c20-15(21)22-19-8-4-7-17-10-18-12(9-16-13(18)14(17)19)11-5-2-1-3-6-11/h1-9,20-21H,10H2/q+2. The Hall–Kier alpha value is -2.71. The Morgan fingerprint density at radius 2 is 1.95 bits per heavy atom.